The maximum atomic E-state index is 12.5. The van der Waals surface area contributed by atoms with Crippen LogP contribution in [-0.4, -0.2) is 26.4 Å². The second-order valence-corrected chi connectivity index (χ2v) is 7.76. The Labute approximate surface area is 153 Å². The molecule has 25 heavy (non-hydrogen) atoms. The Morgan fingerprint density at radius 3 is 2.64 bits per heavy atom. The molecule has 1 atom stereocenters. The molecule has 2 N–H and O–H groups in total. The smallest absolute Gasteiger partial charge is 0.319 e. The normalized spacial score (nSPS) is 12.5. The van der Waals surface area contributed by atoms with Crippen LogP contribution in [0.15, 0.2) is 41.8 Å². The van der Waals surface area contributed by atoms with E-state index in [0.717, 1.165) is 4.88 Å². The van der Waals surface area contributed by atoms with Crippen molar-refractivity contribution in [1.82, 2.24) is 5.32 Å². The minimum Gasteiger partial charge on any atom is -0.491 e. The molecule has 0 aliphatic heterocycles. The molecule has 0 aliphatic carbocycles. The first-order valence-electron chi connectivity index (χ1n) is 8.23. The lowest BCUT2D eigenvalue weighted by Gasteiger charge is -2.30. The van der Waals surface area contributed by atoms with Gasteiger partial charge in [-0.25, -0.2) is 4.79 Å². The fraction of sp³-hybridized carbons (Fsp3) is 0.421. The summed E-state index contributed by atoms with van der Waals surface area (Å²) in [6.45, 7) is 7.33. The predicted molar refractivity (Wildman–Crippen MR) is 102 cm³/mol. The van der Waals surface area contributed by atoms with E-state index in [1.807, 2.05) is 35.7 Å². The molecule has 0 saturated heterocycles. The third-order valence-corrected chi connectivity index (χ3v) is 4.55. The van der Waals surface area contributed by atoms with E-state index in [-0.39, 0.29) is 17.5 Å². The first-order valence-corrected chi connectivity index (χ1v) is 9.11. The number of hydrogen-bond donors (Lipinski definition) is 2. The van der Waals surface area contributed by atoms with Crippen molar-refractivity contribution in [1.29, 1.82) is 0 Å². The summed E-state index contributed by atoms with van der Waals surface area (Å²) in [5.74, 6) is 0.695. The number of hydrogen-bond acceptors (Lipinski definition) is 4. The highest BCUT2D eigenvalue weighted by Gasteiger charge is 2.28. The molecule has 6 heteroatoms. The Bertz CT molecular complexity index is 666. The Kier molecular flexibility index (Phi) is 6.84. The van der Waals surface area contributed by atoms with Crippen LogP contribution in [0.5, 0.6) is 5.75 Å². The SMILES string of the molecule is COCCOc1cccc(NC(=O)N[C@H](c2cccs2)C(C)(C)C)c1. The van der Waals surface area contributed by atoms with Crippen molar-refractivity contribution in [2.45, 2.75) is 26.8 Å². The van der Waals surface area contributed by atoms with E-state index >= 15 is 0 Å². The van der Waals surface area contributed by atoms with Gasteiger partial charge in [-0.1, -0.05) is 32.9 Å². The third-order valence-electron chi connectivity index (χ3n) is 3.62. The molecule has 0 fully saturated rings. The van der Waals surface area contributed by atoms with Crippen LogP contribution < -0.4 is 15.4 Å². The Morgan fingerprint density at radius 1 is 1.20 bits per heavy atom. The summed E-state index contributed by atoms with van der Waals surface area (Å²) in [6, 6.07) is 11.1. The van der Waals surface area contributed by atoms with Crippen LogP contribution >= 0.6 is 11.3 Å². The van der Waals surface area contributed by atoms with Gasteiger partial charge in [-0.15, -0.1) is 11.3 Å². The van der Waals surface area contributed by atoms with Crippen LogP contribution in [0.1, 0.15) is 31.7 Å². The molecule has 2 amide bonds. The summed E-state index contributed by atoms with van der Waals surface area (Å²) in [5, 5.41) is 7.98. The summed E-state index contributed by atoms with van der Waals surface area (Å²) in [4.78, 5) is 13.6. The van der Waals surface area contributed by atoms with Crippen LogP contribution in [0.25, 0.3) is 0 Å². The van der Waals surface area contributed by atoms with Crippen molar-refractivity contribution in [3.05, 3.63) is 46.7 Å². The van der Waals surface area contributed by atoms with Crippen LogP contribution in [0.2, 0.25) is 0 Å². The number of ether oxygens (including phenoxy) is 2. The first kappa shape index (κ1) is 19.3. The fourth-order valence-electron chi connectivity index (χ4n) is 2.37. The van der Waals surface area contributed by atoms with Gasteiger partial charge >= 0.3 is 6.03 Å². The fourth-order valence-corrected chi connectivity index (χ4v) is 3.39. The van der Waals surface area contributed by atoms with E-state index < -0.39 is 0 Å². The van der Waals surface area contributed by atoms with Gasteiger partial charge in [0.1, 0.15) is 12.4 Å². The first-order chi connectivity index (χ1) is 11.9. The number of thiophene rings is 1. The van der Waals surface area contributed by atoms with Gasteiger partial charge in [-0.3, -0.25) is 0 Å². The molecule has 136 valence electrons. The minimum absolute atomic E-state index is 0.0614. The van der Waals surface area contributed by atoms with E-state index in [1.54, 1.807) is 24.5 Å². The summed E-state index contributed by atoms with van der Waals surface area (Å²) >= 11 is 1.65. The van der Waals surface area contributed by atoms with Crippen LogP contribution in [0.3, 0.4) is 0 Å². The maximum Gasteiger partial charge on any atom is 0.319 e. The van der Waals surface area contributed by atoms with Crippen molar-refractivity contribution >= 4 is 23.1 Å². The number of benzene rings is 1. The van der Waals surface area contributed by atoms with E-state index in [9.17, 15) is 4.79 Å². The number of rotatable bonds is 7. The van der Waals surface area contributed by atoms with Crippen molar-refractivity contribution in [2.75, 3.05) is 25.6 Å². The maximum absolute atomic E-state index is 12.5. The number of carbonyl (C=O) groups excluding carboxylic acids is 1. The molecule has 1 aromatic carbocycles. The molecule has 0 spiro atoms. The van der Waals surface area contributed by atoms with Gasteiger partial charge in [-0.05, 0) is 29.0 Å². The summed E-state index contributed by atoms with van der Waals surface area (Å²) in [7, 11) is 1.63. The van der Waals surface area contributed by atoms with Gasteiger partial charge in [-0.2, -0.15) is 0 Å². The summed E-state index contributed by atoms with van der Waals surface area (Å²) in [5.41, 5.74) is 0.596. The van der Waals surface area contributed by atoms with Crippen molar-refractivity contribution in [2.24, 2.45) is 5.41 Å². The quantitative estimate of drug-likeness (QED) is 0.703. The van der Waals surface area contributed by atoms with E-state index in [4.69, 9.17) is 9.47 Å². The topological polar surface area (TPSA) is 59.6 Å². The molecule has 2 rings (SSSR count). The van der Waals surface area contributed by atoms with Gasteiger partial charge in [0.25, 0.3) is 0 Å². The highest BCUT2D eigenvalue weighted by molar-refractivity contribution is 7.10. The van der Waals surface area contributed by atoms with Crippen LogP contribution in [0, 0.1) is 5.41 Å². The lowest BCUT2D eigenvalue weighted by Crippen LogP contribution is -2.38. The summed E-state index contributed by atoms with van der Waals surface area (Å²) < 4.78 is 10.5. The molecule has 5 nitrogen and oxygen atoms in total. The second-order valence-electron chi connectivity index (χ2n) is 6.78. The van der Waals surface area contributed by atoms with Gasteiger partial charge in [0.15, 0.2) is 0 Å². The number of nitrogens with one attached hydrogen (secondary N) is 2. The van der Waals surface area contributed by atoms with Gasteiger partial charge < -0.3 is 20.1 Å². The highest BCUT2D eigenvalue weighted by Crippen LogP contribution is 2.35. The Hall–Kier alpha value is -2.05. The predicted octanol–water partition coefficient (Wildman–Crippen LogP) is 4.68. The molecule has 0 aliphatic rings. The number of carbonyl (C=O) groups is 1. The molecular weight excluding hydrogens is 336 g/mol. The molecule has 2 aromatic rings. The Morgan fingerprint density at radius 2 is 2.00 bits per heavy atom. The number of methoxy groups -OCH3 is 1. The number of amides is 2. The zero-order valence-corrected chi connectivity index (χ0v) is 16.0. The molecular formula is C19H26N2O3S. The average molecular weight is 362 g/mol. The number of urea groups is 1. The zero-order chi connectivity index (χ0) is 18.3. The Balaban J connectivity index is 2.00. The molecule has 0 bridgehead atoms. The van der Waals surface area contributed by atoms with Crippen LogP contribution in [-0.2, 0) is 4.74 Å². The zero-order valence-electron chi connectivity index (χ0n) is 15.2. The molecule has 1 aromatic heterocycles. The molecule has 0 saturated carbocycles. The molecule has 1 heterocycles. The lowest BCUT2D eigenvalue weighted by molar-refractivity contribution is 0.146. The van der Waals surface area contributed by atoms with Crippen molar-refractivity contribution in [3.63, 3.8) is 0 Å². The second kappa shape index (κ2) is 8.87. The van der Waals surface area contributed by atoms with Gasteiger partial charge in [0, 0.05) is 23.7 Å². The molecule has 0 radical (unpaired) electrons. The lowest BCUT2D eigenvalue weighted by atomic mass is 9.86. The molecule has 0 unspecified atom stereocenters. The van der Waals surface area contributed by atoms with Gasteiger partial charge in [0.05, 0.1) is 12.6 Å². The number of anilines is 1. The van der Waals surface area contributed by atoms with E-state index in [2.05, 4.69) is 31.4 Å². The van der Waals surface area contributed by atoms with Gasteiger partial charge in [0.2, 0.25) is 0 Å². The third kappa shape index (κ3) is 6.07. The average Bonchev–Trinajstić information content (AvgIpc) is 3.06. The van der Waals surface area contributed by atoms with E-state index in [0.29, 0.717) is 24.7 Å². The monoisotopic (exact) mass is 362 g/mol. The largest absolute Gasteiger partial charge is 0.491 e. The summed E-state index contributed by atoms with van der Waals surface area (Å²) in [6.07, 6.45) is 0. The van der Waals surface area contributed by atoms with Crippen molar-refractivity contribution in [3.8, 4) is 5.75 Å². The highest BCUT2D eigenvalue weighted by atomic mass is 32.1. The standard InChI is InChI=1S/C19H26N2O3S/c1-19(2,3)17(16-9-6-12-25-16)21-18(22)20-14-7-5-8-15(13-14)24-11-10-23-4/h5-9,12-13,17H,10-11H2,1-4H3,(H2,20,21,22)/t17-/m1/s1. The van der Waals surface area contributed by atoms with E-state index in [1.165, 1.54) is 0 Å². The van der Waals surface area contributed by atoms with Crippen LogP contribution in [0.4, 0.5) is 10.5 Å². The minimum atomic E-state index is -0.234. The van der Waals surface area contributed by atoms with Crippen molar-refractivity contribution < 1.29 is 14.3 Å².